The lowest BCUT2D eigenvalue weighted by Gasteiger charge is -2.29. The molecule has 1 fully saturated rings. The monoisotopic (exact) mass is 452 g/mol. The summed E-state index contributed by atoms with van der Waals surface area (Å²) in [6.45, 7) is 6.55. The minimum atomic E-state index is 0.465. The molecule has 0 amide bonds. The highest BCUT2D eigenvalue weighted by atomic mass is 35.5. The van der Waals surface area contributed by atoms with Crippen LogP contribution >= 0.6 is 11.6 Å². The molecule has 168 valence electrons. The van der Waals surface area contributed by atoms with E-state index in [0.29, 0.717) is 29.7 Å². The third-order valence-corrected chi connectivity index (χ3v) is 6.06. The van der Waals surface area contributed by atoms with Crippen LogP contribution in [0.3, 0.4) is 0 Å². The van der Waals surface area contributed by atoms with Crippen molar-refractivity contribution in [2.75, 3.05) is 43.6 Å². The molecule has 0 radical (unpaired) electrons. The summed E-state index contributed by atoms with van der Waals surface area (Å²) in [4.78, 5) is 2.34. The van der Waals surface area contributed by atoms with Crippen molar-refractivity contribution < 1.29 is 14.2 Å². The van der Waals surface area contributed by atoms with Crippen LogP contribution in [0, 0.1) is 6.92 Å². The molecule has 3 aromatic carbocycles. The number of aryl methyl sites for hydroxylation is 1. The van der Waals surface area contributed by atoms with Crippen molar-refractivity contribution in [1.29, 1.82) is 0 Å². The molecule has 0 unspecified atom stereocenters. The predicted molar refractivity (Wildman–Crippen MR) is 130 cm³/mol. The largest absolute Gasteiger partial charge is 0.493 e. The Labute approximate surface area is 194 Å². The van der Waals surface area contributed by atoms with Crippen LogP contribution in [-0.4, -0.2) is 33.4 Å². The van der Waals surface area contributed by atoms with Gasteiger partial charge in [0.1, 0.15) is 6.61 Å². The number of ether oxygens (including phenoxy) is 3. The molecule has 0 aromatic heterocycles. The zero-order valence-corrected chi connectivity index (χ0v) is 19.3. The van der Waals surface area contributed by atoms with E-state index in [2.05, 4.69) is 53.5 Å². The van der Waals surface area contributed by atoms with Crippen LogP contribution in [0.25, 0.3) is 0 Å². The number of anilines is 2. The molecule has 5 nitrogen and oxygen atoms in total. The molecule has 32 heavy (non-hydrogen) atoms. The number of benzene rings is 3. The zero-order valence-electron chi connectivity index (χ0n) is 18.6. The first-order valence-corrected chi connectivity index (χ1v) is 11.2. The number of morpholine rings is 1. The standard InChI is InChI=1S/C26H29ClN2O3/c1-19-5-3-4-6-20(19)18-32-26-16-24(27)21(15-25(26)30-2)17-28-22-7-9-23(10-8-22)29-11-13-31-14-12-29/h3-10,15-16,28H,11-14,17-18H2,1-2H3. The lowest BCUT2D eigenvalue weighted by atomic mass is 10.1. The fourth-order valence-electron chi connectivity index (χ4n) is 3.72. The first-order chi connectivity index (χ1) is 15.6. The minimum Gasteiger partial charge on any atom is -0.493 e. The Bertz CT molecular complexity index is 1030. The number of hydrogen-bond acceptors (Lipinski definition) is 5. The maximum Gasteiger partial charge on any atom is 0.163 e. The maximum absolute atomic E-state index is 6.57. The predicted octanol–water partition coefficient (Wildman–Crippen LogP) is 5.68. The van der Waals surface area contributed by atoms with Gasteiger partial charge in [0.05, 0.1) is 20.3 Å². The lowest BCUT2D eigenvalue weighted by molar-refractivity contribution is 0.122. The van der Waals surface area contributed by atoms with Crippen molar-refractivity contribution in [3.8, 4) is 11.5 Å². The van der Waals surface area contributed by atoms with Crippen LogP contribution in [0.2, 0.25) is 5.02 Å². The zero-order chi connectivity index (χ0) is 22.3. The Morgan fingerprint density at radius 2 is 1.72 bits per heavy atom. The Kier molecular flexibility index (Phi) is 7.40. The van der Waals surface area contributed by atoms with Gasteiger partial charge in [-0.2, -0.15) is 0 Å². The van der Waals surface area contributed by atoms with Gasteiger partial charge >= 0.3 is 0 Å². The summed E-state index contributed by atoms with van der Waals surface area (Å²) in [6, 6.07) is 20.4. The molecule has 0 aliphatic carbocycles. The van der Waals surface area contributed by atoms with Gasteiger partial charge in [0, 0.05) is 42.1 Å². The summed E-state index contributed by atoms with van der Waals surface area (Å²) in [5.41, 5.74) is 5.53. The van der Waals surface area contributed by atoms with E-state index in [1.54, 1.807) is 7.11 Å². The molecular weight excluding hydrogens is 424 g/mol. The topological polar surface area (TPSA) is 43.0 Å². The van der Waals surface area contributed by atoms with Gasteiger partial charge in [0.2, 0.25) is 0 Å². The van der Waals surface area contributed by atoms with E-state index in [9.17, 15) is 0 Å². The van der Waals surface area contributed by atoms with Gasteiger partial charge in [0.15, 0.2) is 11.5 Å². The van der Waals surface area contributed by atoms with Gasteiger partial charge in [0.25, 0.3) is 0 Å². The van der Waals surface area contributed by atoms with Crippen LogP contribution in [-0.2, 0) is 17.9 Å². The Morgan fingerprint density at radius 3 is 2.44 bits per heavy atom. The third-order valence-electron chi connectivity index (χ3n) is 5.70. The molecule has 1 N–H and O–H groups in total. The van der Waals surface area contributed by atoms with Gasteiger partial charge in [-0.15, -0.1) is 0 Å². The number of rotatable bonds is 8. The van der Waals surface area contributed by atoms with Crippen LogP contribution in [0.15, 0.2) is 60.7 Å². The second-order valence-electron chi connectivity index (χ2n) is 7.81. The van der Waals surface area contributed by atoms with Crippen molar-refractivity contribution in [3.05, 3.63) is 82.4 Å². The molecule has 1 aliphatic heterocycles. The highest BCUT2D eigenvalue weighted by molar-refractivity contribution is 6.31. The Balaban J connectivity index is 1.40. The molecule has 4 rings (SSSR count). The van der Waals surface area contributed by atoms with Crippen molar-refractivity contribution >= 4 is 23.0 Å². The molecule has 1 heterocycles. The van der Waals surface area contributed by atoms with Crippen molar-refractivity contribution in [2.45, 2.75) is 20.1 Å². The first-order valence-electron chi connectivity index (χ1n) is 10.8. The number of nitrogens with one attached hydrogen (secondary N) is 1. The van der Waals surface area contributed by atoms with Crippen LogP contribution < -0.4 is 19.7 Å². The average Bonchev–Trinajstić information content (AvgIpc) is 2.84. The van der Waals surface area contributed by atoms with Gasteiger partial charge in [-0.3, -0.25) is 0 Å². The quantitative estimate of drug-likeness (QED) is 0.476. The van der Waals surface area contributed by atoms with E-state index in [0.717, 1.165) is 43.1 Å². The highest BCUT2D eigenvalue weighted by Gasteiger charge is 2.13. The molecule has 3 aromatic rings. The average molecular weight is 453 g/mol. The van der Waals surface area contributed by atoms with Crippen LogP contribution in [0.1, 0.15) is 16.7 Å². The molecular formula is C26H29ClN2O3. The normalized spacial score (nSPS) is 13.7. The van der Waals surface area contributed by atoms with E-state index in [1.165, 1.54) is 11.3 Å². The number of methoxy groups -OCH3 is 1. The molecule has 0 saturated carbocycles. The molecule has 1 saturated heterocycles. The summed E-state index contributed by atoms with van der Waals surface area (Å²) in [5.74, 6) is 1.31. The fourth-order valence-corrected chi connectivity index (χ4v) is 3.94. The Hall–Kier alpha value is -2.89. The van der Waals surface area contributed by atoms with E-state index in [4.69, 9.17) is 25.8 Å². The van der Waals surface area contributed by atoms with Gasteiger partial charge in [-0.1, -0.05) is 35.9 Å². The van der Waals surface area contributed by atoms with Crippen molar-refractivity contribution in [1.82, 2.24) is 0 Å². The first kappa shape index (κ1) is 22.3. The second-order valence-corrected chi connectivity index (χ2v) is 8.22. The van der Waals surface area contributed by atoms with Gasteiger partial charge in [-0.05, 0) is 53.9 Å². The molecule has 0 spiro atoms. The van der Waals surface area contributed by atoms with E-state index >= 15 is 0 Å². The van der Waals surface area contributed by atoms with E-state index in [1.807, 2.05) is 24.3 Å². The maximum atomic E-state index is 6.57. The number of halogens is 1. The summed E-state index contributed by atoms with van der Waals surface area (Å²) >= 11 is 6.57. The number of nitrogens with zero attached hydrogens (tertiary/aromatic N) is 1. The fraction of sp³-hybridized carbons (Fsp3) is 0.308. The van der Waals surface area contributed by atoms with Crippen LogP contribution in [0.5, 0.6) is 11.5 Å². The summed E-state index contributed by atoms with van der Waals surface area (Å²) in [6.07, 6.45) is 0. The van der Waals surface area contributed by atoms with Crippen molar-refractivity contribution in [2.24, 2.45) is 0 Å². The Morgan fingerprint density at radius 1 is 0.969 bits per heavy atom. The molecule has 1 aliphatic rings. The van der Waals surface area contributed by atoms with E-state index < -0.39 is 0 Å². The highest BCUT2D eigenvalue weighted by Crippen LogP contribution is 2.34. The SMILES string of the molecule is COc1cc(CNc2ccc(N3CCOCC3)cc2)c(Cl)cc1OCc1ccccc1C. The van der Waals surface area contributed by atoms with Crippen LogP contribution in [0.4, 0.5) is 11.4 Å². The van der Waals surface area contributed by atoms with E-state index in [-0.39, 0.29) is 0 Å². The second kappa shape index (κ2) is 10.6. The smallest absolute Gasteiger partial charge is 0.163 e. The number of hydrogen-bond donors (Lipinski definition) is 1. The van der Waals surface area contributed by atoms with Gasteiger partial charge in [-0.25, -0.2) is 0 Å². The molecule has 0 atom stereocenters. The summed E-state index contributed by atoms with van der Waals surface area (Å²) in [5, 5.41) is 4.09. The summed E-state index contributed by atoms with van der Waals surface area (Å²) < 4.78 is 17.0. The summed E-state index contributed by atoms with van der Waals surface area (Å²) in [7, 11) is 1.64. The molecule has 0 bridgehead atoms. The minimum absolute atomic E-state index is 0.465. The molecule has 6 heteroatoms. The van der Waals surface area contributed by atoms with Crippen molar-refractivity contribution in [3.63, 3.8) is 0 Å². The third kappa shape index (κ3) is 5.47. The van der Waals surface area contributed by atoms with Gasteiger partial charge < -0.3 is 24.4 Å². The lowest BCUT2D eigenvalue weighted by Crippen LogP contribution is -2.36.